The molecule has 140 valence electrons. The number of hydrogen-bond donors (Lipinski definition) is 0. The molecule has 0 unspecified atom stereocenters. The van der Waals surface area contributed by atoms with Crippen LogP contribution in [0.3, 0.4) is 0 Å². The molecule has 0 atom stereocenters. The molecule has 0 aromatic carbocycles. The molecule has 0 aromatic rings. The van der Waals surface area contributed by atoms with Crippen molar-refractivity contribution >= 4 is 28.0 Å². The molecule has 0 heterocycles. The van der Waals surface area contributed by atoms with E-state index >= 15 is 0 Å². The Labute approximate surface area is 142 Å². The van der Waals surface area contributed by atoms with E-state index in [-0.39, 0.29) is 0 Å². The minimum Gasteiger partial charge on any atom is -0.376 e. The lowest BCUT2D eigenvalue weighted by molar-refractivity contribution is 0.107. The summed E-state index contributed by atoms with van der Waals surface area (Å²) in [6, 6.07) is 0. The van der Waals surface area contributed by atoms with E-state index < -0.39 is 38.1 Å². The van der Waals surface area contributed by atoms with Gasteiger partial charge in [0.2, 0.25) is 0 Å². The van der Waals surface area contributed by atoms with Crippen molar-refractivity contribution in [2.24, 2.45) is 0 Å². The molecular formula is C12H30O8SSi2. The van der Waals surface area contributed by atoms with Crippen molar-refractivity contribution in [1.29, 1.82) is 0 Å². The first-order valence-corrected chi connectivity index (χ1v) is 11.8. The van der Waals surface area contributed by atoms with E-state index in [4.69, 9.17) is 25.4 Å². The topological polar surface area (TPSA) is 89.5 Å². The van der Waals surface area contributed by atoms with Crippen LogP contribution in [0.25, 0.3) is 0 Å². The van der Waals surface area contributed by atoms with E-state index in [1.165, 1.54) is 28.4 Å². The van der Waals surface area contributed by atoms with Gasteiger partial charge in [-0.15, -0.1) is 0 Å². The largest absolute Gasteiger partial charge is 0.522 e. The fourth-order valence-electron chi connectivity index (χ4n) is 2.06. The molecule has 0 fully saturated rings. The van der Waals surface area contributed by atoms with Gasteiger partial charge in [0, 0.05) is 38.5 Å². The second kappa shape index (κ2) is 7.58. The van der Waals surface area contributed by atoms with E-state index in [2.05, 4.69) is 0 Å². The zero-order valence-corrected chi connectivity index (χ0v) is 18.5. The summed E-state index contributed by atoms with van der Waals surface area (Å²) in [4.78, 5) is 0. The van der Waals surface area contributed by atoms with Gasteiger partial charge in [0.25, 0.3) is 0 Å². The maximum atomic E-state index is 12.5. The molecule has 0 aliphatic rings. The van der Waals surface area contributed by atoms with Crippen LogP contribution < -0.4 is 0 Å². The second-order valence-electron chi connectivity index (χ2n) is 7.00. The predicted molar refractivity (Wildman–Crippen MR) is 90.1 cm³/mol. The first-order chi connectivity index (χ1) is 10.2. The normalized spacial score (nSPS) is 15.0. The summed E-state index contributed by atoms with van der Waals surface area (Å²) in [5, 5.41) is -1.36. The molecular weight excluding hydrogens is 360 g/mol. The Hall–Kier alpha value is 0.144. The first-order valence-electron chi connectivity index (χ1n) is 7.02. The van der Waals surface area contributed by atoms with Crippen molar-refractivity contribution < 1.29 is 33.9 Å². The van der Waals surface area contributed by atoms with Gasteiger partial charge in [0.05, 0.1) is 0 Å². The van der Waals surface area contributed by atoms with Crippen LogP contribution in [0.4, 0.5) is 0 Å². The van der Waals surface area contributed by atoms with E-state index in [0.717, 1.165) is 0 Å². The Bertz CT molecular complexity index is 434. The van der Waals surface area contributed by atoms with E-state index in [1.54, 1.807) is 41.5 Å². The van der Waals surface area contributed by atoms with Gasteiger partial charge in [-0.1, -0.05) is 41.5 Å². The first kappa shape index (κ1) is 23.1. The quantitative estimate of drug-likeness (QED) is 0.583. The fourth-order valence-corrected chi connectivity index (χ4v) is 10.5. The molecule has 0 radical (unpaired) electrons. The van der Waals surface area contributed by atoms with Gasteiger partial charge in [-0.25, -0.2) is 7.74 Å². The molecule has 0 spiro atoms. The van der Waals surface area contributed by atoms with Gasteiger partial charge in [-0.2, -0.15) is 8.42 Å². The van der Waals surface area contributed by atoms with E-state index in [0.29, 0.717) is 0 Å². The lowest BCUT2D eigenvalue weighted by Gasteiger charge is -2.39. The SMILES string of the molecule is CO[Si](OC)(OS(=O)(=O)O[Si](OC)(OC)C(C)(C)C)C(C)(C)C. The molecule has 0 saturated carbocycles. The minimum absolute atomic E-state index is 0.682. The predicted octanol–water partition coefficient (Wildman–Crippen LogP) is 2.33. The van der Waals surface area contributed by atoms with Crippen molar-refractivity contribution in [2.45, 2.75) is 51.6 Å². The third-order valence-electron chi connectivity index (χ3n) is 3.34. The number of hydrogen-bond acceptors (Lipinski definition) is 8. The van der Waals surface area contributed by atoms with Crippen LogP contribution in [0.15, 0.2) is 0 Å². The Morgan fingerprint density at radius 1 is 0.609 bits per heavy atom. The molecule has 0 aliphatic carbocycles. The van der Waals surface area contributed by atoms with Crippen LogP contribution in [0, 0.1) is 0 Å². The summed E-state index contributed by atoms with van der Waals surface area (Å²) >= 11 is 0. The Kier molecular flexibility index (Phi) is 7.63. The minimum atomic E-state index is -4.49. The summed E-state index contributed by atoms with van der Waals surface area (Å²) in [5.41, 5.74) is 0. The summed E-state index contributed by atoms with van der Waals surface area (Å²) in [6.45, 7) is 10.6. The Morgan fingerprint density at radius 2 is 0.826 bits per heavy atom. The fraction of sp³-hybridized carbons (Fsp3) is 1.00. The van der Waals surface area contributed by atoms with Gasteiger partial charge >= 0.3 is 28.0 Å². The average molecular weight is 391 g/mol. The van der Waals surface area contributed by atoms with Gasteiger partial charge in [0.15, 0.2) is 0 Å². The molecule has 0 rings (SSSR count). The van der Waals surface area contributed by atoms with Gasteiger partial charge in [-0.05, 0) is 0 Å². The zero-order valence-electron chi connectivity index (χ0n) is 15.7. The molecule has 0 saturated heterocycles. The smallest absolute Gasteiger partial charge is 0.376 e. The second-order valence-corrected chi connectivity index (χ2v) is 16.0. The van der Waals surface area contributed by atoms with Crippen LogP contribution in [0.1, 0.15) is 41.5 Å². The average Bonchev–Trinajstić information content (AvgIpc) is 2.39. The number of rotatable bonds is 8. The molecule has 11 heteroatoms. The summed E-state index contributed by atoms with van der Waals surface area (Å²) in [6.07, 6.45) is 0. The zero-order chi connectivity index (χ0) is 18.7. The molecule has 8 nitrogen and oxygen atoms in total. The van der Waals surface area contributed by atoms with Crippen LogP contribution in [-0.4, -0.2) is 54.5 Å². The highest BCUT2D eigenvalue weighted by molar-refractivity contribution is 7.84. The molecule has 0 aliphatic heterocycles. The lowest BCUT2D eigenvalue weighted by atomic mass is 10.3. The van der Waals surface area contributed by atoms with Crippen LogP contribution in [0.2, 0.25) is 10.1 Å². The summed E-state index contributed by atoms with van der Waals surface area (Å²) in [7, 11) is -6.24. The van der Waals surface area contributed by atoms with Crippen molar-refractivity contribution in [1.82, 2.24) is 0 Å². The maximum absolute atomic E-state index is 12.5. The van der Waals surface area contributed by atoms with Crippen molar-refractivity contribution in [2.75, 3.05) is 28.4 Å². The standard InChI is InChI=1S/C12H30O8SSi2/c1-11(2,3)22(15-7,16-8)19-21(13,14)20-23(17-9,18-10)12(4,5)6/h1-10H3. The highest BCUT2D eigenvalue weighted by atomic mass is 32.3. The Morgan fingerprint density at radius 3 is 0.957 bits per heavy atom. The van der Waals surface area contributed by atoms with Crippen LogP contribution in [0.5, 0.6) is 0 Å². The third-order valence-corrected chi connectivity index (χ3v) is 12.5. The summed E-state index contributed by atoms with van der Waals surface area (Å²) < 4.78 is 56.8. The van der Waals surface area contributed by atoms with E-state index in [1.807, 2.05) is 0 Å². The molecule has 0 aromatic heterocycles. The van der Waals surface area contributed by atoms with Gasteiger partial charge < -0.3 is 17.7 Å². The molecule has 23 heavy (non-hydrogen) atoms. The van der Waals surface area contributed by atoms with Crippen LogP contribution in [-0.2, 0) is 35.8 Å². The molecule has 0 bridgehead atoms. The monoisotopic (exact) mass is 390 g/mol. The highest BCUT2D eigenvalue weighted by Gasteiger charge is 2.60. The van der Waals surface area contributed by atoms with Crippen molar-refractivity contribution in [3.8, 4) is 0 Å². The van der Waals surface area contributed by atoms with Gasteiger partial charge in [-0.3, -0.25) is 0 Å². The summed E-state index contributed by atoms with van der Waals surface area (Å²) in [5.74, 6) is 0. The third kappa shape index (κ3) is 5.06. The van der Waals surface area contributed by atoms with Gasteiger partial charge in [0.1, 0.15) is 0 Å². The molecule has 0 N–H and O–H groups in total. The van der Waals surface area contributed by atoms with E-state index in [9.17, 15) is 8.42 Å². The Balaban J connectivity index is 5.75. The van der Waals surface area contributed by atoms with Crippen molar-refractivity contribution in [3.63, 3.8) is 0 Å². The maximum Gasteiger partial charge on any atom is 0.522 e. The van der Waals surface area contributed by atoms with Crippen LogP contribution >= 0.6 is 0 Å². The highest BCUT2D eigenvalue weighted by Crippen LogP contribution is 2.42. The molecule has 0 amide bonds. The van der Waals surface area contributed by atoms with Crippen molar-refractivity contribution in [3.05, 3.63) is 0 Å². The lowest BCUT2D eigenvalue weighted by Crippen LogP contribution is -2.57.